The van der Waals surface area contributed by atoms with E-state index in [0.717, 1.165) is 0 Å². The van der Waals surface area contributed by atoms with E-state index in [2.05, 4.69) is 10.6 Å². The lowest BCUT2D eigenvalue weighted by atomic mass is 10.0. The van der Waals surface area contributed by atoms with E-state index in [1.807, 2.05) is 13.8 Å². The van der Waals surface area contributed by atoms with Crippen LogP contribution in [-0.2, 0) is 14.3 Å². The van der Waals surface area contributed by atoms with Gasteiger partial charge >= 0.3 is 5.97 Å². The summed E-state index contributed by atoms with van der Waals surface area (Å²) in [5.74, 6) is -1.55. The zero-order valence-electron chi connectivity index (χ0n) is 15.3. The van der Waals surface area contributed by atoms with Gasteiger partial charge in [-0.25, -0.2) is 4.79 Å². The van der Waals surface area contributed by atoms with Crippen molar-refractivity contribution in [2.24, 2.45) is 5.92 Å². The molecule has 1 unspecified atom stereocenters. The van der Waals surface area contributed by atoms with E-state index in [1.54, 1.807) is 25.1 Å². The SMILES string of the molecule is COCC(C)(NC(=O)c1ccc(NC(=O)CC(C)C)c(C)c1)C(=O)O. The number of anilines is 1. The van der Waals surface area contributed by atoms with E-state index in [4.69, 9.17) is 4.74 Å². The van der Waals surface area contributed by atoms with Gasteiger partial charge in [-0.2, -0.15) is 0 Å². The molecular formula is C18H26N2O5. The third-order valence-electron chi connectivity index (χ3n) is 3.65. The number of rotatable bonds is 8. The molecule has 0 bridgehead atoms. The molecule has 0 aromatic heterocycles. The van der Waals surface area contributed by atoms with Crippen molar-refractivity contribution in [3.8, 4) is 0 Å². The number of methoxy groups -OCH3 is 1. The highest BCUT2D eigenvalue weighted by Gasteiger charge is 2.35. The van der Waals surface area contributed by atoms with Crippen molar-refractivity contribution < 1.29 is 24.2 Å². The number of carboxylic acids is 1. The van der Waals surface area contributed by atoms with Crippen molar-refractivity contribution in [1.29, 1.82) is 0 Å². The molecule has 1 aromatic carbocycles. The van der Waals surface area contributed by atoms with E-state index < -0.39 is 17.4 Å². The summed E-state index contributed by atoms with van der Waals surface area (Å²) in [5, 5.41) is 14.6. The number of hydrogen-bond acceptors (Lipinski definition) is 4. The second-order valence-corrected chi connectivity index (χ2v) is 6.70. The molecule has 0 saturated heterocycles. The summed E-state index contributed by atoms with van der Waals surface area (Å²) in [6, 6.07) is 4.79. The molecule has 1 aromatic rings. The second kappa shape index (κ2) is 8.62. The average Bonchev–Trinajstić information content (AvgIpc) is 2.48. The van der Waals surface area contributed by atoms with Crippen LogP contribution in [-0.4, -0.2) is 42.1 Å². The highest BCUT2D eigenvalue weighted by Crippen LogP contribution is 2.18. The van der Waals surface area contributed by atoms with Crippen LogP contribution in [0.25, 0.3) is 0 Å². The van der Waals surface area contributed by atoms with Crippen molar-refractivity contribution in [2.45, 2.75) is 39.7 Å². The van der Waals surface area contributed by atoms with Gasteiger partial charge in [-0.15, -0.1) is 0 Å². The third kappa shape index (κ3) is 5.86. The van der Waals surface area contributed by atoms with Crippen LogP contribution in [0, 0.1) is 12.8 Å². The molecule has 7 heteroatoms. The lowest BCUT2D eigenvalue weighted by Gasteiger charge is -2.25. The van der Waals surface area contributed by atoms with Crippen LogP contribution in [0.2, 0.25) is 0 Å². The van der Waals surface area contributed by atoms with E-state index in [1.165, 1.54) is 14.0 Å². The lowest BCUT2D eigenvalue weighted by Crippen LogP contribution is -2.55. The van der Waals surface area contributed by atoms with Crippen LogP contribution in [0.5, 0.6) is 0 Å². The maximum absolute atomic E-state index is 12.4. The maximum atomic E-state index is 12.4. The van der Waals surface area contributed by atoms with Gasteiger partial charge in [-0.1, -0.05) is 13.8 Å². The Morgan fingerprint density at radius 2 is 1.92 bits per heavy atom. The monoisotopic (exact) mass is 350 g/mol. The number of carboxylic acid groups (broad SMARTS) is 1. The van der Waals surface area contributed by atoms with Crippen LogP contribution < -0.4 is 10.6 Å². The maximum Gasteiger partial charge on any atom is 0.331 e. The van der Waals surface area contributed by atoms with Crippen molar-refractivity contribution in [3.05, 3.63) is 29.3 Å². The van der Waals surface area contributed by atoms with Gasteiger partial charge in [0.15, 0.2) is 5.54 Å². The fourth-order valence-corrected chi connectivity index (χ4v) is 2.28. The predicted octanol–water partition coefficient (Wildman–Crippen LogP) is 2.20. The van der Waals surface area contributed by atoms with E-state index in [0.29, 0.717) is 23.2 Å². The van der Waals surface area contributed by atoms with Gasteiger partial charge in [-0.05, 0) is 43.5 Å². The van der Waals surface area contributed by atoms with Gasteiger partial charge in [0.05, 0.1) is 6.61 Å². The van der Waals surface area contributed by atoms with Crippen LogP contribution >= 0.6 is 0 Å². The first-order chi connectivity index (χ1) is 11.6. The van der Waals surface area contributed by atoms with E-state index >= 15 is 0 Å². The molecule has 25 heavy (non-hydrogen) atoms. The number of carbonyl (C=O) groups excluding carboxylic acids is 2. The van der Waals surface area contributed by atoms with Crippen LogP contribution in [0.1, 0.15) is 43.1 Å². The Bertz CT molecular complexity index is 657. The van der Waals surface area contributed by atoms with Gasteiger partial charge in [0.2, 0.25) is 5.91 Å². The molecule has 0 aliphatic heterocycles. The number of amides is 2. The standard InChI is InChI=1S/C18H26N2O5/c1-11(2)8-15(21)19-14-7-6-13(9-12(14)3)16(22)20-18(4,10-25-5)17(23)24/h6-7,9,11H,8,10H2,1-5H3,(H,19,21)(H,20,22)(H,23,24). The van der Waals surface area contributed by atoms with Crippen molar-refractivity contribution in [2.75, 3.05) is 19.0 Å². The highest BCUT2D eigenvalue weighted by molar-refractivity contribution is 5.99. The number of hydrogen-bond donors (Lipinski definition) is 3. The number of nitrogens with one attached hydrogen (secondary N) is 2. The fourth-order valence-electron chi connectivity index (χ4n) is 2.28. The number of carbonyl (C=O) groups is 3. The van der Waals surface area contributed by atoms with Gasteiger partial charge in [0, 0.05) is 24.8 Å². The number of ether oxygens (including phenoxy) is 1. The molecule has 7 nitrogen and oxygen atoms in total. The lowest BCUT2D eigenvalue weighted by molar-refractivity contribution is -0.145. The largest absolute Gasteiger partial charge is 0.479 e. The van der Waals surface area contributed by atoms with Crippen LogP contribution in [0.3, 0.4) is 0 Å². The number of aryl methyl sites for hydroxylation is 1. The summed E-state index contributed by atoms with van der Waals surface area (Å²) >= 11 is 0. The van der Waals surface area contributed by atoms with Gasteiger partial charge < -0.3 is 20.5 Å². The average molecular weight is 350 g/mol. The number of benzene rings is 1. The molecule has 0 heterocycles. The van der Waals surface area contributed by atoms with Gasteiger partial charge in [0.25, 0.3) is 5.91 Å². The Kier molecular flexibility index (Phi) is 7.11. The van der Waals surface area contributed by atoms with E-state index in [-0.39, 0.29) is 18.4 Å². The van der Waals surface area contributed by atoms with E-state index in [9.17, 15) is 19.5 Å². The molecule has 0 saturated carbocycles. The summed E-state index contributed by atoms with van der Waals surface area (Å²) in [6.45, 7) is 6.91. The van der Waals surface area contributed by atoms with Crippen LogP contribution in [0.15, 0.2) is 18.2 Å². The fraction of sp³-hybridized carbons (Fsp3) is 0.500. The molecule has 1 atom stereocenters. The smallest absolute Gasteiger partial charge is 0.331 e. The summed E-state index contributed by atoms with van der Waals surface area (Å²) in [4.78, 5) is 35.6. The molecule has 138 valence electrons. The predicted molar refractivity (Wildman–Crippen MR) is 94.6 cm³/mol. The number of aliphatic carboxylic acids is 1. The Labute approximate surface area is 147 Å². The van der Waals surface area contributed by atoms with Gasteiger partial charge in [-0.3, -0.25) is 9.59 Å². The first-order valence-corrected chi connectivity index (χ1v) is 8.04. The quantitative estimate of drug-likeness (QED) is 0.667. The molecule has 0 aliphatic rings. The molecule has 0 radical (unpaired) electrons. The minimum atomic E-state index is -1.52. The first kappa shape index (κ1) is 20.6. The Morgan fingerprint density at radius 3 is 2.40 bits per heavy atom. The summed E-state index contributed by atoms with van der Waals surface area (Å²) in [5.41, 5.74) is 0.126. The molecule has 0 spiro atoms. The normalized spacial score (nSPS) is 13.2. The third-order valence-corrected chi connectivity index (χ3v) is 3.65. The zero-order valence-corrected chi connectivity index (χ0v) is 15.3. The van der Waals surface area contributed by atoms with Crippen molar-refractivity contribution in [3.63, 3.8) is 0 Å². The molecule has 0 aliphatic carbocycles. The topological polar surface area (TPSA) is 105 Å². The molecule has 2 amide bonds. The molecule has 0 fully saturated rings. The summed E-state index contributed by atoms with van der Waals surface area (Å²) in [7, 11) is 1.37. The highest BCUT2D eigenvalue weighted by atomic mass is 16.5. The van der Waals surface area contributed by atoms with Gasteiger partial charge in [0.1, 0.15) is 0 Å². The first-order valence-electron chi connectivity index (χ1n) is 8.04. The Hall–Kier alpha value is -2.41. The molecule has 3 N–H and O–H groups in total. The van der Waals surface area contributed by atoms with Crippen molar-refractivity contribution in [1.82, 2.24) is 5.32 Å². The Morgan fingerprint density at radius 1 is 1.28 bits per heavy atom. The minimum Gasteiger partial charge on any atom is -0.479 e. The zero-order chi connectivity index (χ0) is 19.2. The van der Waals surface area contributed by atoms with Crippen molar-refractivity contribution >= 4 is 23.5 Å². The summed E-state index contributed by atoms with van der Waals surface area (Å²) < 4.78 is 4.88. The van der Waals surface area contributed by atoms with Crippen LogP contribution in [0.4, 0.5) is 5.69 Å². The molecular weight excluding hydrogens is 324 g/mol. The summed E-state index contributed by atoms with van der Waals surface area (Å²) in [6.07, 6.45) is 0.412. The Balaban J connectivity index is 2.90. The minimum absolute atomic E-state index is 0.0890. The second-order valence-electron chi connectivity index (χ2n) is 6.70. The molecule has 1 rings (SSSR count).